The van der Waals surface area contributed by atoms with Gasteiger partial charge in [0.2, 0.25) is 5.95 Å². The van der Waals surface area contributed by atoms with E-state index in [-0.39, 0.29) is 5.75 Å². The van der Waals surface area contributed by atoms with Gasteiger partial charge in [-0.15, -0.1) is 0 Å². The summed E-state index contributed by atoms with van der Waals surface area (Å²) in [6.45, 7) is 0.351. The molecule has 20 heavy (non-hydrogen) atoms. The molecule has 1 heterocycles. The summed E-state index contributed by atoms with van der Waals surface area (Å²) in [5, 5.41) is 0.850. The summed E-state index contributed by atoms with van der Waals surface area (Å²) in [6, 6.07) is 7.50. The standard InChI is InChI=1S/C12H17N5O2S/c1-17(7-8-20(2,18)19)11-9-5-3-4-6-10(9)14-12(15-11)16-13/h3-6H,7-8,13H2,1-2H3,(H,14,15,16). The van der Waals surface area contributed by atoms with Gasteiger partial charge < -0.3 is 4.90 Å². The first kappa shape index (κ1) is 14.5. The third-order valence-electron chi connectivity index (χ3n) is 2.87. The zero-order valence-electron chi connectivity index (χ0n) is 11.4. The number of fused-ring (bicyclic) bond motifs is 1. The lowest BCUT2D eigenvalue weighted by atomic mass is 10.2. The van der Waals surface area contributed by atoms with Crippen LogP contribution in [0.4, 0.5) is 11.8 Å². The zero-order valence-corrected chi connectivity index (χ0v) is 12.2. The molecule has 2 rings (SSSR count). The van der Waals surface area contributed by atoms with E-state index in [0.29, 0.717) is 18.3 Å². The fourth-order valence-corrected chi connectivity index (χ4v) is 2.43. The Hall–Kier alpha value is -1.93. The second kappa shape index (κ2) is 5.59. The van der Waals surface area contributed by atoms with Crippen molar-refractivity contribution in [2.75, 3.05) is 35.9 Å². The van der Waals surface area contributed by atoms with Crippen LogP contribution >= 0.6 is 0 Å². The predicted molar refractivity (Wildman–Crippen MR) is 80.3 cm³/mol. The summed E-state index contributed by atoms with van der Waals surface area (Å²) >= 11 is 0. The summed E-state index contributed by atoms with van der Waals surface area (Å²) in [5.41, 5.74) is 3.17. The van der Waals surface area contributed by atoms with Gasteiger partial charge in [-0.25, -0.2) is 19.2 Å². The van der Waals surface area contributed by atoms with Crippen LogP contribution < -0.4 is 16.2 Å². The van der Waals surface area contributed by atoms with Gasteiger partial charge >= 0.3 is 0 Å². The highest BCUT2D eigenvalue weighted by molar-refractivity contribution is 7.90. The van der Waals surface area contributed by atoms with E-state index in [2.05, 4.69) is 15.4 Å². The van der Waals surface area contributed by atoms with Crippen molar-refractivity contribution in [3.05, 3.63) is 24.3 Å². The molecule has 0 saturated heterocycles. The van der Waals surface area contributed by atoms with Crippen LogP contribution in [0.25, 0.3) is 10.9 Å². The molecule has 3 N–H and O–H groups in total. The fourth-order valence-electron chi connectivity index (χ4n) is 1.82. The number of nitrogen functional groups attached to an aromatic ring is 1. The van der Waals surface area contributed by atoms with Gasteiger partial charge in [0, 0.05) is 25.2 Å². The quantitative estimate of drug-likeness (QED) is 0.608. The first-order valence-electron chi connectivity index (χ1n) is 6.03. The van der Waals surface area contributed by atoms with Crippen LogP contribution in [0, 0.1) is 0 Å². The minimum atomic E-state index is -3.02. The highest BCUT2D eigenvalue weighted by atomic mass is 32.2. The Morgan fingerprint density at radius 1 is 1.30 bits per heavy atom. The number of aromatic nitrogens is 2. The summed E-state index contributed by atoms with van der Waals surface area (Å²) < 4.78 is 22.5. The van der Waals surface area contributed by atoms with Crippen molar-refractivity contribution < 1.29 is 8.42 Å². The molecule has 0 amide bonds. The summed E-state index contributed by atoms with van der Waals surface area (Å²) in [7, 11) is -1.23. The van der Waals surface area contributed by atoms with Gasteiger partial charge in [-0.3, -0.25) is 5.43 Å². The van der Waals surface area contributed by atoms with Gasteiger partial charge in [0.1, 0.15) is 15.7 Å². The number of nitrogens with two attached hydrogens (primary N) is 1. The maximum absolute atomic E-state index is 11.3. The molecule has 1 aromatic carbocycles. The first-order valence-corrected chi connectivity index (χ1v) is 8.09. The topological polar surface area (TPSA) is 101 Å². The highest BCUT2D eigenvalue weighted by Gasteiger charge is 2.13. The van der Waals surface area contributed by atoms with Crippen molar-refractivity contribution in [3.63, 3.8) is 0 Å². The molecule has 108 valence electrons. The molecular formula is C12H17N5O2S. The average molecular weight is 295 g/mol. The predicted octanol–water partition coefficient (Wildman–Crippen LogP) is 0.396. The lowest BCUT2D eigenvalue weighted by Gasteiger charge is -2.20. The Bertz CT molecular complexity index is 717. The molecule has 0 radical (unpaired) electrons. The number of rotatable bonds is 5. The number of hydrogen-bond acceptors (Lipinski definition) is 7. The van der Waals surface area contributed by atoms with Crippen molar-refractivity contribution in [2.24, 2.45) is 5.84 Å². The Kier molecular flexibility index (Phi) is 4.05. The Morgan fingerprint density at radius 3 is 2.65 bits per heavy atom. The Morgan fingerprint density at radius 2 is 2.00 bits per heavy atom. The zero-order chi connectivity index (χ0) is 14.8. The van der Waals surface area contributed by atoms with Gasteiger partial charge in [-0.1, -0.05) is 12.1 Å². The summed E-state index contributed by atoms with van der Waals surface area (Å²) in [5.74, 6) is 6.37. The molecule has 0 aliphatic heterocycles. The Balaban J connectivity index is 2.41. The number of para-hydroxylation sites is 1. The molecular weight excluding hydrogens is 278 g/mol. The van der Waals surface area contributed by atoms with E-state index in [1.54, 1.807) is 11.9 Å². The third-order valence-corrected chi connectivity index (χ3v) is 3.80. The number of sulfone groups is 1. The number of hydrogen-bond donors (Lipinski definition) is 2. The SMILES string of the molecule is CN(CCS(C)(=O)=O)c1nc(NN)nc2ccccc12. The summed E-state index contributed by atoms with van der Waals surface area (Å²) in [6.07, 6.45) is 1.21. The smallest absolute Gasteiger partial charge is 0.239 e. The van der Waals surface area contributed by atoms with Crippen LogP contribution in [0.1, 0.15) is 0 Å². The average Bonchev–Trinajstić information content (AvgIpc) is 2.42. The van der Waals surface area contributed by atoms with Crippen molar-refractivity contribution in [3.8, 4) is 0 Å². The minimum absolute atomic E-state index is 0.0627. The molecule has 0 aliphatic rings. The van der Waals surface area contributed by atoms with E-state index in [1.807, 2.05) is 24.3 Å². The van der Waals surface area contributed by atoms with Gasteiger partial charge in [-0.05, 0) is 12.1 Å². The van der Waals surface area contributed by atoms with Crippen LogP contribution in [-0.4, -0.2) is 44.0 Å². The molecule has 0 unspecified atom stereocenters. The van der Waals surface area contributed by atoms with Gasteiger partial charge in [0.15, 0.2) is 0 Å². The van der Waals surface area contributed by atoms with Crippen molar-refractivity contribution in [1.82, 2.24) is 9.97 Å². The van der Waals surface area contributed by atoms with E-state index in [0.717, 1.165) is 10.9 Å². The molecule has 8 heteroatoms. The van der Waals surface area contributed by atoms with E-state index in [4.69, 9.17) is 5.84 Å². The van der Waals surface area contributed by atoms with Gasteiger partial charge in [-0.2, -0.15) is 4.98 Å². The molecule has 7 nitrogen and oxygen atoms in total. The molecule has 0 spiro atoms. The molecule has 0 saturated carbocycles. The van der Waals surface area contributed by atoms with Crippen molar-refractivity contribution >= 4 is 32.5 Å². The van der Waals surface area contributed by atoms with E-state index in [1.165, 1.54) is 6.26 Å². The molecule has 0 aliphatic carbocycles. The van der Waals surface area contributed by atoms with Crippen molar-refractivity contribution in [2.45, 2.75) is 0 Å². The van der Waals surface area contributed by atoms with E-state index in [9.17, 15) is 8.42 Å². The molecule has 0 bridgehead atoms. The fraction of sp³-hybridized carbons (Fsp3) is 0.333. The number of benzene rings is 1. The maximum atomic E-state index is 11.3. The second-order valence-electron chi connectivity index (χ2n) is 4.58. The van der Waals surface area contributed by atoms with Gasteiger partial charge in [0.25, 0.3) is 0 Å². The molecule has 0 fully saturated rings. The minimum Gasteiger partial charge on any atom is -0.358 e. The van der Waals surface area contributed by atoms with E-state index < -0.39 is 9.84 Å². The molecule has 2 aromatic rings. The van der Waals surface area contributed by atoms with Crippen LogP contribution in [0.2, 0.25) is 0 Å². The lowest BCUT2D eigenvalue weighted by Crippen LogP contribution is -2.26. The number of hydrazine groups is 1. The number of nitrogens with zero attached hydrogens (tertiary/aromatic N) is 3. The largest absolute Gasteiger partial charge is 0.358 e. The Labute approximate surface area is 117 Å². The van der Waals surface area contributed by atoms with E-state index >= 15 is 0 Å². The summed E-state index contributed by atoms with van der Waals surface area (Å²) in [4.78, 5) is 10.3. The van der Waals surface area contributed by atoms with Gasteiger partial charge in [0.05, 0.1) is 11.3 Å². The molecule has 0 atom stereocenters. The normalized spacial score (nSPS) is 11.6. The molecule has 1 aromatic heterocycles. The third kappa shape index (κ3) is 3.34. The maximum Gasteiger partial charge on any atom is 0.239 e. The van der Waals surface area contributed by atoms with Crippen LogP contribution in [0.3, 0.4) is 0 Å². The van der Waals surface area contributed by atoms with Crippen LogP contribution in [-0.2, 0) is 9.84 Å². The van der Waals surface area contributed by atoms with Crippen LogP contribution in [0.5, 0.6) is 0 Å². The number of anilines is 2. The van der Waals surface area contributed by atoms with Crippen molar-refractivity contribution in [1.29, 1.82) is 0 Å². The second-order valence-corrected chi connectivity index (χ2v) is 6.84. The van der Waals surface area contributed by atoms with Crippen LogP contribution in [0.15, 0.2) is 24.3 Å². The number of nitrogens with one attached hydrogen (secondary N) is 1. The monoisotopic (exact) mass is 295 g/mol. The lowest BCUT2D eigenvalue weighted by molar-refractivity contribution is 0.601. The highest BCUT2D eigenvalue weighted by Crippen LogP contribution is 2.24. The first-order chi connectivity index (χ1) is 9.40.